The zero-order chi connectivity index (χ0) is 19.0. The normalized spacial score (nSPS) is 16.3. The smallest absolute Gasteiger partial charge is 0.270 e. The molecule has 140 valence electrons. The lowest BCUT2D eigenvalue weighted by Gasteiger charge is -2.23. The van der Waals surface area contributed by atoms with Crippen LogP contribution in [0.25, 0.3) is 11.3 Å². The van der Waals surface area contributed by atoms with E-state index in [-0.39, 0.29) is 5.69 Å². The van der Waals surface area contributed by atoms with Crippen molar-refractivity contribution in [1.82, 2.24) is 20.1 Å². The summed E-state index contributed by atoms with van der Waals surface area (Å²) in [7, 11) is 0. The lowest BCUT2D eigenvalue weighted by Crippen LogP contribution is -2.37. The molecule has 1 aliphatic heterocycles. The highest BCUT2D eigenvalue weighted by Crippen LogP contribution is 2.32. The maximum Gasteiger partial charge on any atom is 0.270 e. The molecular weight excluding hydrogens is 370 g/mol. The van der Waals surface area contributed by atoms with E-state index in [1.807, 2.05) is 23.7 Å². The number of fused-ring (bicyclic) bond motifs is 1. The van der Waals surface area contributed by atoms with Crippen LogP contribution < -0.4 is 5.32 Å². The molecule has 2 aromatic heterocycles. The molecule has 3 heterocycles. The number of hydrogen-bond donors (Lipinski definition) is 1. The molecule has 1 unspecified atom stereocenters. The molecule has 1 atom stereocenters. The third-order valence-corrected chi connectivity index (χ3v) is 4.93. The Morgan fingerprint density at radius 2 is 2.26 bits per heavy atom. The molecule has 9 heteroatoms. The average molecular weight is 388 g/mol. The summed E-state index contributed by atoms with van der Waals surface area (Å²) in [4.78, 5) is 14.8. The van der Waals surface area contributed by atoms with E-state index in [9.17, 15) is 10.1 Å². The van der Waals surface area contributed by atoms with Crippen molar-refractivity contribution < 1.29 is 9.34 Å². The molecule has 0 saturated heterocycles. The quantitative estimate of drug-likeness (QED) is 0.531. The summed E-state index contributed by atoms with van der Waals surface area (Å²) in [5.41, 5.74) is 0.589. The Kier molecular flexibility index (Phi) is 4.67. The van der Waals surface area contributed by atoms with E-state index in [4.69, 9.17) is 16.0 Å². The molecule has 0 radical (unpaired) electrons. The number of rotatable bonds is 5. The molecule has 0 amide bonds. The third-order valence-electron chi connectivity index (χ3n) is 4.62. The fourth-order valence-electron chi connectivity index (χ4n) is 3.28. The van der Waals surface area contributed by atoms with E-state index in [2.05, 4.69) is 15.4 Å². The average Bonchev–Trinajstić information content (AvgIpc) is 3.24. The topological polar surface area (TPSA) is 99.0 Å². The molecule has 4 rings (SSSR count). The number of nitrogens with one attached hydrogen (secondary N) is 1. The number of halogens is 1. The number of nitro benzene ring substituents is 1. The molecule has 0 aliphatic carbocycles. The number of nitro groups is 1. The second kappa shape index (κ2) is 7.13. The predicted octanol–water partition coefficient (Wildman–Crippen LogP) is 3.51. The van der Waals surface area contributed by atoms with Gasteiger partial charge in [-0.25, -0.2) is 9.67 Å². The van der Waals surface area contributed by atoms with Crippen molar-refractivity contribution in [2.45, 2.75) is 38.9 Å². The zero-order valence-corrected chi connectivity index (χ0v) is 15.4. The highest BCUT2D eigenvalue weighted by Gasteiger charge is 2.21. The van der Waals surface area contributed by atoms with Crippen LogP contribution in [-0.2, 0) is 19.5 Å². The Labute approximate surface area is 160 Å². The molecule has 0 spiro atoms. The van der Waals surface area contributed by atoms with Crippen molar-refractivity contribution in [3.8, 4) is 11.3 Å². The lowest BCUT2D eigenvalue weighted by atomic mass is 10.1. The van der Waals surface area contributed by atoms with Gasteiger partial charge in [0.2, 0.25) is 0 Å². The van der Waals surface area contributed by atoms with Gasteiger partial charge < -0.3 is 9.73 Å². The van der Waals surface area contributed by atoms with Crippen molar-refractivity contribution in [2.24, 2.45) is 0 Å². The van der Waals surface area contributed by atoms with Crippen LogP contribution in [0, 0.1) is 17.0 Å². The van der Waals surface area contributed by atoms with Crippen molar-refractivity contribution in [3.63, 3.8) is 0 Å². The maximum atomic E-state index is 10.8. The van der Waals surface area contributed by atoms with Crippen LogP contribution in [0.1, 0.15) is 23.8 Å². The number of aromatic nitrogens is 3. The molecule has 0 fully saturated rings. The molecule has 0 bridgehead atoms. The van der Waals surface area contributed by atoms with Crippen LogP contribution in [0.2, 0.25) is 5.02 Å². The zero-order valence-electron chi connectivity index (χ0n) is 14.7. The summed E-state index contributed by atoms with van der Waals surface area (Å²) >= 11 is 6.17. The molecule has 0 saturated carbocycles. The number of nitrogens with zero attached hydrogens (tertiary/aromatic N) is 4. The van der Waals surface area contributed by atoms with Crippen LogP contribution in [0.4, 0.5) is 5.69 Å². The van der Waals surface area contributed by atoms with E-state index in [0.29, 0.717) is 28.9 Å². The van der Waals surface area contributed by atoms with E-state index in [1.165, 1.54) is 12.1 Å². The molecule has 27 heavy (non-hydrogen) atoms. The van der Waals surface area contributed by atoms with E-state index in [1.54, 1.807) is 6.07 Å². The Morgan fingerprint density at radius 1 is 1.41 bits per heavy atom. The summed E-state index contributed by atoms with van der Waals surface area (Å²) in [6.07, 6.45) is 1.90. The van der Waals surface area contributed by atoms with Crippen molar-refractivity contribution in [3.05, 3.63) is 62.9 Å². The van der Waals surface area contributed by atoms with Crippen LogP contribution in [-0.4, -0.2) is 25.7 Å². The number of furan rings is 1. The van der Waals surface area contributed by atoms with Crippen molar-refractivity contribution >= 4 is 17.3 Å². The standard InChI is InChI=1S/C18H18ClN5O3/c1-11-21-18-7-2-12(10-23(18)22-11)20-9-14-4-6-17(27-14)15-5-3-13(24(25)26)8-16(15)19/h3-6,8,12,20H,2,7,9-10H2,1H3. The monoisotopic (exact) mass is 387 g/mol. The Bertz CT molecular complexity index is 997. The van der Waals surface area contributed by atoms with Gasteiger partial charge in [0.1, 0.15) is 23.2 Å². The molecule has 1 aromatic carbocycles. The third kappa shape index (κ3) is 3.72. The van der Waals surface area contributed by atoms with Gasteiger partial charge in [0.15, 0.2) is 0 Å². The number of non-ortho nitro benzene ring substituents is 1. The summed E-state index contributed by atoms with van der Waals surface area (Å²) in [6, 6.07) is 8.36. The summed E-state index contributed by atoms with van der Waals surface area (Å²) in [5, 5.41) is 19.0. The predicted molar refractivity (Wildman–Crippen MR) is 99.5 cm³/mol. The molecule has 8 nitrogen and oxygen atoms in total. The minimum absolute atomic E-state index is 0.0442. The molecule has 1 aliphatic rings. The number of benzene rings is 1. The Morgan fingerprint density at radius 3 is 3.04 bits per heavy atom. The highest BCUT2D eigenvalue weighted by atomic mass is 35.5. The van der Waals surface area contributed by atoms with Crippen LogP contribution in [0.15, 0.2) is 34.7 Å². The largest absolute Gasteiger partial charge is 0.460 e. The SMILES string of the molecule is Cc1nc2n(n1)CC(NCc1ccc(-c3ccc([N+](=O)[O-])cc3Cl)o1)CC2. The van der Waals surface area contributed by atoms with Crippen LogP contribution in [0.5, 0.6) is 0 Å². The maximum absolute atomic E-state index is 10.8. The summed E-state index contributed by atoms with van der Waals surface area (Å²) in [6.45, 7) is 3.28. The van der Waals surface area contributed by atoms with Crippen LogP contribution >= 0.6 is 11.6 Å². The van der Waals surface area contributed by atoms with Gasteiger partial charge in [-0.15, -0.1) is 0 Å². The fourth-order valence-corrected chi connectivity index (χ4v) is 3.55. The van der Waals surface area contributed by atoms with Gasteiger partial charge >= 0.3 is 0 Å². The van der Waals surface area contributed by atoms with Gasteiger partial charge in [0.25, 0.3) is 5.69 Å². The Hall–Kier alpha value is -2.71. The van der Waals surface area contributed by atoms with Crippen LogP contribution in [0.3, 0.4) is 0 Å². The first-order valence-electron chi connectivity index (χ1n) is 8.66. The minimum Gasteiger partial charge on any atom is -0.460 e. The van der Waals surface area contributed by atoms with Gasteiger partial charge in [0, 0.05) is 30.2 Å². The first kappa shape index (κ1) is 17.7. The lowest BCUT2D eigenvalue weighted by molar-refractivity contribution is -0.384. The Balaban J connectivity index is 1.41. The second-order valence-corrected chi connectivity index (χ2v) is 6.97. The number of aryl methyl sites for hydroxylation is 2. The minimum atomic E-state index is -0.473. The van der Waals surface area contributed by atoms with Crippen molar-refractivity contribution in [2.75, 3.05) is 0 Å². The molecule has 3 aromatic rings. The summed E-state index contributed by atoms with van der Waals surface area (Å²) < 4.78 is 7.82. The van der Waals surface area contributed by atoms with E-state index >= 15 is 0 Å². The number of hydrogen-bond acceptors (Lipinski definition) is 6. The van der Waals surface area contributed by atoms with Gasteiger partial charge in [-0.1, -0.05) is 11.6 Å². The van der Waals surface area contributed by atoms with E-state index < -0.39 is 4.92 Å². The fraction of sp³-hybridized carbons (Fsp3) is 0.333. The van der Waals surface area contributed by atoms with Gasteiger partial charge in [-0.2, -0.15) is 5.10 Å². The molecular formula is C18H18ClN5O3. The highest BCUT2D eigenvalue weighted by molar-refractivity contribution is 6.33. The molecule has 1 N–H and O–H groups in total. The van der Waals surface area contributed by atoms with Gasteiger partial charge in [0.05, 0.1) is 23.0 Å². The first-order chi connectivity index (χ1) is 13.0. The first-order valence-corrected chi connectivity index (χ1v) is 9.04. The van der Waals surface area contributed by atoms with Gasteiger partial charge in [-0.3, -0.25) is 10.1 Å². The van der Waals surface area contributed by atoms with E-state index in [0.717, 1.165) is 36.8 Å². The van der Waals surface area contributed by atoms with Gasteiger partial charge in [-0.05, 0) is 31.5 Å². The summed E-state index contributed by atoms with van der Waals surface area (Å²) in [5.74, 6) is 3.21. The van der Waals surface area contributed by atoms with Crippen molar-refractivity contribution in [1.29, 1.82) is 0 Å². The second-order valence-electron chi connectivity index (χ2n) is 6.56.